The van der Waals surface area contributed by atoms with Crippen molar-refractivity contribution in [1.29, 1.82) is 0 Å². The smallest absolute Gasteiger partial charge is 0.251 e. The van der Waals surface area contributed by atoms with Crippen LogP contribution in [0.25, 0.3) is 0 Å². The van der Waals surface area contributed by atoms with E-state index in [-0.39, 0.29) is 5.91 Å². The molecule has 1 aromatic carbocycles. The average molecular weight is 311 g/mol. The summed E-state index contributed by atoms with van der Waals surface area (Å²) in [7, 11) is 3.95. The van der Waals surface area contributed by atoms with E-state index in [0.29, 0.717) is 5.41 Å². The van der Waals surface area contributed by atoms with Crippen molar-refractivity contribution in [3.05, 3.63) is 29.8 Å². The third-order valence-electron chi connectivity index (χ3n) is 3.49. The molecule has 0 radical (unpaired) electrons. The number of rotatable bonds is 5. The Balaban J connectivity index is 1.98. The second-order valence-corrected chi connectivity index (χ2v) is 5.82. The summed E-state index contributed by atoms with van der Waals surface area (Å²) in [4.78, 5) is 14.1. The van der Waals surface area contributed by atoms with Crippen LogP contribution < -0.4 is 10.2 Å². The molecule has 1 fully saturated rings. The third kappa shape index (κ3) is 3.05. The first-order valence-corrected chi connectivity index (χ1v) is 7.30. The summed E-state index contributed by atoms with van der Waals surface area (Å²) in [5.74, 6) is 0.0194. The lowest BCUT2D eigenvalue weighted by Crippen LogP contribution is -2.31. The molecule has 0 heterocycles. The average Bonchev–Trinajstić information content (AvgIpc) is 3.17. The second-order valence-electron chi connectivity index (χ2n) is 5.26. The number of carbonyl (C=O) groups is 1. The molecule has 1 aliphatic rings. The standard InChI is InChI=1S/C14H19BrN2O/c1-17(2)12-5-3-4-11(8-12)13(18)16-10-14(9-15)6-7-14/h3-5,8H,6-7,9-10H2,1-2H3,(H,16,18). The van der Waals surface area contributed by atoms with Crippen molar-refractivity contribution in [2.75, 3.05) is 30.9 Å². The van der Waals surface area contributed by atoms with Crippen LogP contribution in [0.4, 0.5) is 5.69 Å². The van der Waals surface area contributed by atoms with Crippen LogP contribution in [0.15, 0.2) is 24.3 Å². The van der Waals surface area contributed by atoms with Crippen molar-refractivity contribution >= 4 is 27.5 Å². The highest BCUT2D eigenvalue weighted by atomic mass is 79.9. The van der Waals surface area contributed by atoms with E-state index in [2.05, 4.69) is 21.2 Å². The van der Waals surface area contributed by atoms with E-state index >= 15 is 0 Å². The number of halogens is 1. The molecule has 0 unspecified atom stereocenters. The summed E-state index contributed by atoms with van der Waals surface area (Å²) in [5.41, 5.74) is 2.09. The van der Waals surface area contributed by atoms with E-state index < -0.39 is 0 Å². The van der Waals surface area contributed by atoms with Gasteiger partial charge in [0.15, 0.2) is 0 Å². The van der Waals surface area contributed by atoms with Gasteiger partial charge in [0, 0.05) is 37.2 Å². The van der Waals surface area contributed by atoms with Crippen LogP contribution >= 0.6 is 15.9 Å². The topological polar surface area (TPSA) is 32.3 Å². The van der Waals surface area contributed by atoms with Crippen LogP contribution in [0, 0.1) is 5.41 Å². The first-order chi connectivity index (χ1) is 8.56. The number of carbonyl (C=O) groups excluding carboxylic acids is 1. The van der Waals surface area contributed by atoms with E-state index in [9.17, 15) is 4.79 Å². The molecule has 0 saturated heterocycles. The van der Waals surface area contributed by atoms with Crippen molar-refractivity contribution in [2.24, 2.45) is 5.41 Å². The summed E-state index contributed by atoms with van der Waals surface area (Å²) in [6.45, 7) is 0.767. The zero-order valence-corrected chi connectivity index (χ0v) is 12.5. The zero-order valence-electron chi connectivity index (χ0n) is 10.9. The second kappa shape index (κ2) is 5.31. The molecule has 1 aromatic rings. The van der Waals surface area contributed by atoms with Crippen LogP contribution in [0.1, 0.15) is 23.2 Å². The quantitative estimate of drug-likeness (QED) is 0.848. The molecule has 0 spiro atoms. The summed E-state index contributed by atoms with van der Waals surface area (Å²) < 4.78 is 0. The monoisotopic (exact) mass is 310 g/mol. The number of hydrogen-bond acceptors (Lipinski definition) is 2. The molecule has 1 saturated carbocycles. The lowest BCUT2D eigenvalue weighted by atomic mass is 10.1. The third-order valence-corrected chi connectivity index (χ3v) is 4.68. The lowest BCUT2D eigenvalue weighted by molar-refractivity contribution is 0.0946. The Labute approximate surface area is 117 Å². The Bertz CT molecular complexity index is 441. The molecule has 3 nitrogen and oxygen atoms in total. The molecule has 98 valence electrons. The minimum Gasteiger partial charge on any atom is -0.378 e. The van der Waals surface area contributed by atoms with Gasteiger partial charge in [-0.3, -0.25) is 4.79 Å². The van der Waals surface area contributed by atoms with Gasteiger partial charge >= 0.3 is 0 Å². The van der Waals surface area contributed by atoms with E-state index in [1.54, 1.807) is 0 Å². The molecule has 18 heavy (non-hydrogen) atoms. The molecule has 2 rings (SSSR count). The van der Waals surface area contributed by atoms with Gasteiger partial charge in [-0.15, -0.1) is 0 Å². The van der Waals surface area contributed by atoms with Gasteiger partial charge in [0.2, 0.25) is 0 Å². The van der Waals surface area contributed by atoms with E-state index in [1.165, 1.54) is 12.8 Å². The van der Waals surface area contributed by atoms with Crippen LogP contribution in [0.3, 0.4) is 0 Å². The summed E-state index contributed by atoms with van der Waals surface area (Å²) >= 11 is 3.51. The van der Waals surface area contributed by atoms with Gasteiger partial charge in [0.1, 0.15) is 0 Å². The minimum absolute atomic E-state index is 0.0194. The van der Waals surface area contributed by atoms with Gasteiger partial charge in [-0.2, -0.15) is 0 Å². The zero-order chi connectivity index (χ0) is 13.2. The van der Waals surface area contributed by atoms with Gasteiger partial charge in [-0.1, -0.05) is 22.0 Å². The Kier molecular flexibility index (Phi) is 3.95. The Morgan fingerprint density at radius 3 is 2.72 bits per heavy atom. The maximum atomic E-state index is 12.1. The molecule has 1 N–H and O–H groups in total. The Hall–Kier alpha value is -1.03. The first-order valence-electron chi connectivity index (χ1n) is 6.18. The highest BCUT2D eigenvalue weighted by molar-refractivity contribution is 9.09. The van der Waals surface area contributed by atoms with Crippen LogP contribution in [0.2, 0.25) is 0 Å². The number of amides is 1. The van der Waals surface area contributed by atoms with Gasteiger partial charge in [0.05, 0.1) is 0 Å². The molecular weight excluding hydrogens is 292 g/mol. The number of nitrogens with one attached hydrogen (secondary N) is 1. The van der Waals surface area contributed by atoms with Crippen LogP contribution in [0.5, 0.6) is 0 Å². The van der Waals surface area contributed by atoms with Crippen molar-refractivity contribution in [2.45, 2.75) is 12.8 Å². The Morgan fingerprint density at radius 2 is 2.17 bits per heavy atom. The number of anilines is 1. The molecule has 1 amide bonds. The van der Waals surface area contributed by atoms with E-state index in [1.807, 2.05) is 43.3 Å². The molecule has 0 aromatic heterocycles. The normalized spacial score (nSPS) is 16.2. The maximum absolute atomic E-state index is 12.1. The highest BCUT2D eigenvalue weighted by Crippen LogP contribution is 2.46. The molecule has 0 bridgehead atoms. The number of benzene rings is 1. The van der Waals surface area contributed by atoms with Crippen molar-refractivity contribution in [1.82, 2.24) is 5.32 Å². The predicted molar refractivity (Wildman–Crippen MR) is 78.6 cm³/mol. The van der Waals surface area contributed by atoms with E-state index in [0.717, 1.165) is 23.1 Å². The molecule has 0 aliphatic heterocycles. The number of alkyl halides is 1. The largest absolute Gasteiger partial charge is 0.378 e. The molecule has 1 aliphatic carbocycles. The van der Waals surface area contributed by atoms with Gasteiger partial charge in [-0.25, -0.2) is 0 Å². The van der Waals surface area contributed by atoms with Crippen LogP contribution in [-0.4, -0.2) is 31.9 Å². The van der Waals surface area contributed by atoms with Crippen molar-refractivity contribution < 1.29 is 4.79 Å². The molecular formula is C14H19BrN2O. The van der Waals surface area contributed by atoms with E-state index in [4.69, 9.17) is 0 Å². The van der Waals surface area contributed by atoms with Gasteiger partial charge < -0.3 is 10.2 Å². The highest BCUT2D eigenvalue weighted by Gasteiger charge is 2.41. The SMILES string of the molecule is CN(C)c1cccc(C(=O)NCC2(CBr)CC2)c1. The fourth-order valence-corrected chi connectivity index (χ4v) is 2.59. The Morgan fingerprint density at radius 1 is 1.44 bits per heavy atom. The summed E-state index contributed by atoms with van der Waals surface area (Å²) in [5, 5.41) is 4.00. The summed E-state index contributed by atoms with van der Waals surface area (Å²) in [6.07, 6.45) is 2.41. The van der Waals surface area contributed by atoms with Crippen molar-refractivity contribution in [3.63, 3.8) is 0 Å². The minimum atomic E-state index is 0.0194. The fraction of sp³-hybridized carbons (Fsp3) is 0.500. The van der Waals surface area contributed by atoms with Crippen molar-refractivity contribution in [3.8, 4) is 0 Å². The summed E-state index contributed by atoms with van der Waals surface area (Å²) in [6, 6.07) is 7.69. The maximum Gasteiger partial charge on any atom is 0.251 e. The molecule has 4 heteroatoms. The van der Waals surface area contributed by atoms with Crippen LogP contribution in [-0.2, 0) is 0 Å². The van der Waals surface area contributed by atoms with Gasteiger partial charge in [-0.05, 0) is 36.5 Å². The fourth-order valence-electron chi connectivity index (χ4n) is 1.83. The molecule has 0 atom stereocenters. The number of hydrogen-bond donors (Lipinski definition) is 1. The van der Waals surface area contributed by atoms with Gasteiger partial charge in [0.25, 0.3) is 5.91 Å². The lowest BCUT2D eigenvalue weighted by Gasteiger charge is -2.15. The number of nitrogens with zero attached hydrogens (tertiary/aromatic N) is 1. The first kappa shape index (κ1) is 13.4. The predicted octanol–water partition coefficient (Wildman–Crippen LogP) is 2.66.